The highest BCUT2D eigenvalue weighted by Gasteiger charge is 2.38. The first-order valence-corrected chi connectivity index (χ1v) is 6.59. The summed E-state index contributed by atoms with van der Waals surface area (Å²) >= 11 is 0. The van der Waals surface area contributed by atoms with Crippen molar-refractivity contribution in [3.8, 4) is 0 Å². The van der Waals surface area contributed by atoms with Crippen LogP contribution in [0.1, 0.15) is 19.3 Å². The van der Waals surface area contributed by atoms with Gasteiger partial charge in [-0.2, -0.15) is 0 Å². The van der Waals surface area contributed by atoms with Gasteiger partial charge in [0, 0.05) is 6.54 Å². The van der Waals surface area contributed by atoms with Crippen molar-refractivity contribution in [2.75, 3.05) is 23.8 Å². The van der Waals surface area contributed by atoms with Crippen LogP contribution in [0.25, 0.3) is 0 Å². The van der Waals surface area contributed by atoms with Gasteiger partial charge < -0.3 is 15.4 Å². The second-order valence-electron chi connectivity index (χ2n) is 5.07. The van der Waals surface area contributed by atoms with Crippen LogP contribution in [-0.4, -0.2) is 30.2 Å². The van der Waals surface area contributed by atoms with E-state index in [2.05, 4.69) is 4.90 Å². The van der Waals surface area contributed by atoms with E-state index in [1.807, 2.05) is 0 Å². The maximum absolute atomic E-state index is 11.2. The van der Waals surface area contributed by atoms with E-state index in [0.29, 0.717) is 18.8 Å². The molecule has 3 rings (SSSR count). The van der Waals surface area contributed by atoms with Crippen molar-refractivity contribution < 1.29 is 9.66 Å². The van der Waals surface area contributed by atoms with Crippen molar-refractivity contribution >= 4 is 17.1 Å². The van der Waals surface area contributed by atoms with Crippen LogP contribution in [0.5, 0.6) is 0 Å². The number of morpholine rings is 1. The maximum atomic E-state index is 11.2. The summed E-state index contributed by atoms with van der Waals surface area (Å²) in [7, 11) is 0. The molecule has 6 heteroatoms. The number of para-hydroxylation sites is 1. The Morgan fingerprint density at radius 3 is 3.05 bits per heavy atom. The minimum Gasteiger partial charge on any atom is -0.393 e. The number of nitrogens with zero attached hydrogens (tertiary/aromatic N) is 2. The molecule has 0 bridgehead atoms. The van der Waals surface area contributed by atoms with Crippen LogP contribution >= 0.6 is 0 Å². The van der Waals surface area contributed by atoms with Gasteiger partial charge in [-0.1, -0.05) is 6.07 Å². The van der Waals surface area contributed by atoms with E-state index in [9.17, 15) is 10.1 Å². The molecule has 2 aliphatic rings. The second kappa shape index (κ2) is 4.70. The topological polar surface area (TPSA) is 81.6 Å². The number of ether oxygens (including phenoxy) is 1. The second-order valence-corrected chi connectivity index (χ2v) is 5.07. The Hall–Kier alpha value is -1.82. The molecule has 2 unspecified atom stereocenters. The Morgan fingerprint density at radius 2 is 2.26 bits per heavy atom. The maximum Gasteiger partial charge on any atom is 0.315 e. The van der Waals surface area contributed by atoms with E-state index >= 15 is 0 Å². The molecule has 1 aromatic carbocycles. The fraction of sp³-hybridized carbons (Fsp3) is 0.538. The van der Waals surface area contributed by atoms with Gasteiger partial charge in [0.05, 0.1) is 23.7 Å². The molecule has 2 fully saturated rings. The summed E-state index contributed by atoms with van der Waals surface area (Å²) in [4.78, 5) is 13.0. The lowest BCUT2D eigenvalue weighted by Gasteiger charge is -2.39. The molecule has 0 radical (unpaired) electrons. The summed E-state index contributed by atoms with van der Waals surface area (Å²) < 4.78 is 5.74. The number of nitrogens with two attached hydrogens (primary N) is 1. The van der Waals surface area contributed by atoms with Gasteiger partial charge >= 0.3 is 5.69 Å². The van der Waals surface area contributed by atoms with Crippen LogP contribution in [0.4, 0.5) is 17.1 Å². The Bertz CT molecular complexity index is 506. The highest BCUT2D eigenvalue weighted by molar-refractivity contribution is 5.75. The number of fused-ring (bicyclic) bond motifs is 1. The quantitative estimate of drug-likeness (QED) is 0.501. The first-order chi connectivity index (χ1) is 9.18. The fourth-order valence-electron chi connectivity index (χ4n) is 3.20. The molecule has 102 valence electrons. The highest BCUT2D eigenvalue weighted by Crippen LogP contribution is 2.39. The van der Waals surface area contributed by atoms with Crippen LogP contribution in [-0.2, 0) is 4.74 Å². The molecule has 1 aromatic rings. The lowest BCUT2D eigenvalue weighted by molar-refractivity contribution is -0.383. The summed E-state index contributed by atoms with van der Waals surface area (Å²) in [6.07, 6.45) is 3.38. The SMILES string of the molecule is Nc1cccc(N2CCOC3CCCC32)c1[N+](=O)[O-]. The van der Waals surface area contributed by atoms with Gasteiger partial charge in [0.1, 0.15) is 11.4 Å². The molecular weight excluding hydrogens is 246 g/mol. The Labute approximate surface area is 111 Å². The summed E-state index contributed by atoms with van der Waals surface area (Å²) in [6, 6.07) is 5.38. The number of nitro benzene ring substituents is 1. The van der Waals surface area contributed by atoms with E-state index < -0.39 is 0 Å². The zero-order chi connectivity index (χ0) is 13.4. The van der Waals surface area contributed by atoms with Gasteiger partial charge in [0.15, 0.2) is 0 Å². The first-order valence-electron chi connectivity index (χ1n) is 6.59. The lowest BCUT2D eigenvalue weighted by atomic mass is 10.1. The van der Waals surface area contributed by atoms with E-state index in [1.165, 1.54) is 0 Å². The normalized spacial score (nSPS) is 26.2. The number of hydrogen-bond donors (Lipinski definition) is 1. The molecule has 0 spiro atoms. The summed E-state index contributed by atoms with van der Waals surface area (Å²) in [6.45, 7) is 1.30. The summed E-state index contributed by atoms with van der Waals surface area (Å²) in [5, 5.41) is 11.2. The van der Waals surface area contributed by atoms with E-state index in [-0.39, 0.29) is 28.4 Å². The molecule has 1 heterocycles. The number of rotatable bonds is 2. The third-order valence-corrected chi connectivity index (χ3v) is 4.02. The van der Waals surface area contributed by atoms with Gasteiger partial charge in [-0.05, 0) is 31.4 Å². The largest absolute Gasteiger partial charge is 0.393 e. The molecule has 1 saturated heterocycles. The molecule has 1 saturated carbocycles. The van der Waals surface area contributed by atoms with Gasteiger partial charge in [-0.25, -0.2) is 0 Å². The van der Waals surface area contributed by atoms with Crippen molar-refractivity contribution in [2.24, 2.45) is 0 Å². The van der Waals surface area contributed by atoms with Crippen LogP contribution in [0, 0.1) is 10.1 Å². The lowest BCUT2D eigenvalue weighted by Crippen LogP contribution is -2.48. The Kier molecular flexibility index (Phi) is 3.02. The van der Waals surface area contributed by atoms with Crippen molar-refractivity contribution in [3.05, 3.63) is 28.3 Å². The zero-order valence-electron chi connectivity index (χ0n) is 10.6. The average molecular weight is 263 g/mol. The standard InChI is InChI=1S/C13H17N3O3/c14-9-3-1-5-11(13(9)16(17)18)15-7-8-19-12-6-2-4-10(12)15/h1,3,5,10,12H,2,4,6-8,14H2. The van der Waals surface area contributed by atoms with Crippen molar-refractivity contribution in [1.82, 2.24) is 0 Å². The van der Waals surface area contributed by atoms with Crippen LogP contribution in [0.2, 0.25) is 0 Å². The van der Waals surface area contributed by atoms with Crippen LogP contribution < -0.4 is 10.6 Å². The number of nitro groups is 1. The van der Waals surface area contributed by atoms with Crippen molar-refractivity contribution in [2.45, 2.75) is 31.4 Å². The summed E-state index contributed by atoms with van der Waals surface area (Å²) in [5.74, 6) is 0. The smallest absolute Gasteiger partial charge is 0.315 e. The van der Waals surface area contributed by atoms with E-state index in [0.717, 1.165) is 19.3 Å². The average Bonchev–Trinajstić information content (AvgIpc) is 2.85. The van der Waals surface area contributed by atoms with E-state index in [1.54, 1.807) is 18.2 Å². The molecule has 1 aliphatic carbocycles. The molecule has 2 N–H and O–H groups in total. The summed E-state index contributed by atoms with van der Waals surface area (Å²) in [5.41, 5.74) is 6.65. The third-order valence-electron chi connectivity index (χ3n) is 4.02. The van der Waals surface area contributed by atoms with Gasteiger partial charge in [0.25, 0.3) is 0 Å². The molecule has 0 aromatic heterocycles. The Morgan fingerprint density at radius 1 is 1.42 bits per heavy atom. The number of nitrogen functional groups attached to an aromatic ring is 1. The van der Waals surface area contributed by atoms with Gasteiger partial charge in [-0.15, -0.1) is 0 Å². The molecule has 1 aliphatic heterocycles. The molecule has 19 heavy (non-hydrogen) atoms. The minimum absolute atomic E-state index is 0.0232. The fourth-order valence-corrected chi connectivity index (χ4v) is 3.20. The highest BCUT2D eigenvalue weighted by atomic mass is 16.6. The van der Waals surface area contributed by atoms with Gasteiger partial charge in [0.2, 0.25) is 0 Å². The molecule has 6 nitrogen and oxygen atoms in total. The number of anilines is 2. The zero-order valence-corrected chi connectivity index (χ0v) is 10.6. The van der Waals surface area contributed by atoms with Crippen molar-refractivity contribution in [3.63, 3.8) is 0 Å². The van der Waals surface area contributed by atoms with Gasteiger partial charge in [-0.3, -0.25) is 10.1 Å². The van der Waals surface area contributed by atoms with Crippen molar-refractivity contribution in [1.29, 1.82) is 0 Å². The van der Waals surface area contributed by atoms with Crippen LogP contribution in [0.3, 0.4) is 0 Å². The molecule has 0 amide bonds. The third kappa shape index (κ3) is 2.02. The number of benzene rings is 1. The van der Waals surface area contributed by atoms with Crippen LogP contribution in [0.15, 0.2) is 18.2 Å². The van der Waals surface area contributed by atoms with E-state index in [4.69, 9.17) is 10.5 Å². The number of hydrogen-bond acceptors (Lipinski definition) is 5. The minimum atomic E-state index is -0.385. The first kappa shape index (κ1) is 12.2. The predicted octanol–water partition coefficient (Wildman–Crippen LogP) is 1.93. The molecule has 2 atom stereocenters. The molecular formula is C13H17N3O3. The monoisotopic (exact) mass is 263 g/mol. The Balaban J connectivity index is 2.01. The predicted molar refractivity (Wildman–Crippen MR) is 72.2 cm³/mol.